The van der Waals surface area contributed by atoms with Crippen LogP contribution in [0, 0.1) is 5.92 Å². The molecule has 1 heterocycles. The minimum absolute atomic E-state index is 0.202. The molecule has 1 saturated carbocycles. The molecule has 2 rings (SSSR count). The van der Waals surface area contributed by atoms with Crippen molar-refractivity contribution in [3.63, 3.8) is 0 Å². The van der Waals surface area contributed by atoms with Gasteiger partial charge < -0.3 is 15.4 Å². The molecule has 1 aliphatic heterocycles. The summed E-state index contributed by atoms with van der Waals surface area (Å²) in [6.07, 6.45) is 6.57. The molecule has 4 heteroatoms. The molecule has 0 aromatic heterocycles. The molecule has 2 aliphatic rings. The van der Waals surface area contributed by atoms with Gasteiger partial charge in [0.25, 0.3) is 0 Å². The van der Waals surface area contributed by atoms with Crippen LogP contribution < -0.4 is 10.6 Å². The smallest absolute Gasteiger partial charge is 0.220 e. The second kappa shape index (κ2) is 6.36. The number of hydrogen-bond acceptors (Lipinski definition) is 3. The van der Waals surface area contributed by atoms with Crippen LogP contribution in [-0.2, 0) is 9.53 Å². The fourth-order valence-corrected chi connectivity index (χ4v) is 3.00. The summed E-state index contributed by atoms with van der Waals surface area (Å²) in [5, 5.41) is 6.48. The first-order valence-corrected chi connectivity index (χ1v) is 6.82. The number of piperidine rings is 1. The summed E-state index contributed by atoms with van der Waals surface area (Å²) < 4.78 is 5.39. The van der Waals surface area contributed by atoms with Gasteiger partial charge in [-0.2, -0.15) is 0 Å². The molecule has 2 N–H and O–H groups in total. The van der Waals surface area contributed by atoms with Crippen LogP contribution in [-0.4, -0.2) is 38.3 Å². The van der Waals surface area contributed by atoms with Crippen LogP contribution in [0.15, 0.2) is 0 Å². The van der Waals surface area contributed by atoms with Gasteiger partial charge in [-0.05, 0) is 51.1 Å². The van der Waals surface area contributed by atoms with E-state index >= 15 is 0 Å². The Morgan fingerprint density at radius 1 is 1.35 bits per heavy atom. The van der Waals surface area contributed by atoms with Crippen LogP contribution >= 0.6 is 0 Å². The Morgan fingerprint density at radius 3 is 2.94 bits per heavy atom. The quantitative estimate of drug-likeness (QED) is 0.772. The Labute approximate surface area is 103 Å². The lowest BCUT2D eigenvalue weighted by Gasteiger charge is -2.24. The Kier molecular flexibility index (Phi) is 4.80. The fourth-order valence-electron chi connectivity index (χ4n) is 3.00. The molecule has 0 aromatic rings. The third-order valence-corrected chi connectivity index (χ3v) is 3.97. The molecule has 3 atom stereocenters. The lowest BCUT2D eigenvalue weighted by molar-refractivity contribution is -0.123. The summed E-state index contributed by atoms with van der Waals surface area (Å²) in [6, 6.07) is 0.240. The van der Waals surface area contributed by atoms with Crippen molar-refractivity contribution in [2.45, 2.75) is 50.7 Å². The average Bonchev–Trinajstić information content (AvgIpc) is 2.77. The standard InChI is InChI=1S/C13H24N2O2/c1-17-12-6-2-5-11(12)15-13(16)8-10-4-3-7-14-9-10/h10-12,14H,2-9H2,1H3,(H,15,16). The molecule has 0 bridgehead atoms. The number of methoxy groups -OCH3 is 1. The van der Waals surface area contributed by atoms with E-state index in [0.717, 1.165) is 32.4 Å². The van der Waals surface area contributed by atoms with Gasteiger partial charge in [-0.15, -0.1) is 0 Å². The maximum atomic E-state index is 11.9. The molecule has 0 radical (unpaired) electrons. The van der Waals surface area contributed by atoms with Crippen LogP contribution in [0.5, 0.6) is 0 Å². The van der Waals surface area contributed by atoms with Crippen LogP contribution in [0.3, 0.4) is 0 Å². The number of rotatable bonds is 4. The molecule has 1 amide bonds. The molecular weight excluding hydrogens is 216 g/mol. The first kappa shape index (κ1) is 12.8. The van der Waals surface area contributed by atoms with Crippen LogP contribution in [0.1, 0.15) is 38.5 Å². The average molecular weight is 240 g/mol. The topological polar surface area (TPSA) is 50.4 Å². The van der Waals surface area contributed by atoms with Gasteiger partial charge in [0, 0.05) is 13.5 Å². The van der Waals surface area contributed by atoms with Gasteiger partial charge in [-0.1, -0.05) is 0 Å². The van der Waals surface area contributed by atoms with Crippen molar-refractivity contribution in [3.05, 3.63) is 0 Å². The number of carbonyl (C=O) groups excluding carboxylic acids is 1. The van der Waals surface area contributed by atoms with Crippen molar-refractivity contribution in [2.24, 2.45) is 5.92 Å². The highest BCUT2D eigenvalue weighted by Crippen LogP contribution is 2.22. The third-order valence-electron chi connectivity index (χ3n) is 3.97. The maximum absolute atomic E-state index is 11.9. The van der Waals surface area contributed by atoms with E-state index in [1.807, 2.05) is 0 Å². The zero-order valence-corrected chi connectivity index (χ0v) is 10.7. The Hall–Kier alpha value is -0.610. The van der Waals surface area contributed by atoms with Gasteiger partial charge in [0.05, 0.1) is 12.1 Å². The highest BCUT2D eigenvalue weighted by Gasteiger charge is 2.29. The molecule has 0 spiro atoms. The number of hydrogen-bond donors (Lipinski definition) is 2. The number of nitrogens with one attached hydrogen (secondary N) is 2. The lowest BCUT2D eigenvalue weighted by Crippen LogP contribution is -2.42. The van der Waals surface area contributed by atoms with E-state index < -0.39 is 0 Å². The SMILES string of the molecule is COC1CCCC1NC(=O)CC1CCCNC1. The highest BCUT2D eigenvalue weighted by molar-refractivity contribution is 5.76. The zero-order chi connectivity index (χ0) is 12.1. The normalized spacial score (nSPS) is 33.6. The monoisotopic (exact) mass is 240 g/mol. The van der Waals surface area contributed by atoms with Gasteiger partial charge in [0.2, 0.25) is 5.91 Å². The number of ether oxygens (including phenoxy) is 1. The molecule has 2 fully saturated rings. The van der Waals surface area contributed by atoms with Crippen molar-refractivity contribution in [2.75, 3.05) is 20.2 Å². The predicted molar refractivity (Wildman–Crippen MR) is 66.8 cm³/mol. The van der Waals surface area contributed by atoms with Gasteiger partial charge >= 0.3 is 0 Å². The van der Waals surface area contributed by atoms with Gasteiger partial charge in [-0.25, -0.2) is 0 Å². The summed E-state index contributed by atoms with van der Waals surface area (Å²) in [5.41, 5.74) is 0. The van der Waals surface area contributed by atoms with Crippen LogP contribution in [0.2, 0.25) is 0 Å². The summed E-state index contributed by atoms with van der Waals surface area (Å²) in [5.74, 6) is 0.721. The van der Waals surface area contributed by atoms with Crippen molar-refractivity contribution in [1.82, 2.24) is 10.6 Å². The summed E-state index contributed by atoms with van der Waals surface area (Å²) >= 11 is 0. The van der Waals surface area contributed by atoms with Gasteiger partial charge in [-0.3, -0.25) is 4.79 Å². The molecule has 4 nitrogen and oxygen atoms in total. The van der Waals surface area contributed by atoms with Crippen molar-refractivity contribution < 1.29 is 9.53 Å². The Morgan fingerprint density at radius 2 is 2.24 bits per heavy atom. The zero-order valence-electron chi connectivity index (χ0n) is 10.7. The second-order valence-electron chi connectivity index (χ2n) is 5.30. The molecule has 3 unspecified atom stereocenters. The summed E-state index contributed by atoms with van der Waals surface area (Å²) in [6.45, 7) is 2.10. The largest absolute Gasteiger partial charge is 0.379 e. The van der Waals surface area contributed by atoms with Crippen LogP contribution in [0.4, 0.5) is 0 Å². The highest BCUT2D eigenvalue weighted by atomic mass is 16.5. The fraction of sp³-hybridized carbons (Fsp3) is 0.923. The van der Waals surface area contributed by atoms with Crippen molar-refractivity contribution >= 4 is 5.91 Å². The van der Waals surface area contributed by atoms with E-state index in [0.29, 0.717) is 12.3 Å². The van der Waals surface area contributed by atoms with Crippen molar-refractivity contribution in [1.29, 1.82) is 0 Å². The van der Waals surface area contributed by atoms with E-state index in [1.165, 1.54) is 12.8 Å². The molecule has 17 heavy (non-hydrogen) atoms. The maximum Gasteiger partial charge on any atom is 0.220 e. The molecule has 0 aromatic carbocycles. The summed E-state index contributed by atoms with van der Waals surface area (Å²) in [4.78, 5) is 11.9. The molecule has 1 saturated heterocycles. The van der Waals surface area contributed by atoms with E-state index in [-0.39, 0.29) is 18.1 Å². The predicted octanol–water partition coefficient (Wildman–Crippen LogP) is 1.06. The number of carbonyl (C=O) groups is 1. The van der Waals surface area contributed by atoms with E-state index in [2.05, 4.69) is 10.6 Å². The second-order valence-corrected chi connectivity index (χ2v) is 5.30. The molecular formula is C13H24N2O2. The lowest BCUT2D eigenvalue weighted by atomic mass is 9.96. The number of amides is 1. The van der Waals surface area contributed by atoms with E-state index in [4.69, 9.17) is 4.74 Å². The Balaban J connectivity index is 1.72. The van der Waals surface area contributed by atoms with Gasteiger partial charge in [0.15, 0.2) is 0 Å². The van der Waals surface area contributed by atoms with E-state index in [9.17, 15) is 4.79 Å². The molecule has 98 valence electrons. The van der Waals surface area contributed by atoms with E-state index in [1.54, 1.807) is 7.11 Å². The van der Waals surface area contributed by atoms with Crippen LogP contribution in [0.25, 0.3) is 0 Å². The van der Waals surface area contributed by atoms with Crippen molar-refractivity contribution in [3.8, 4) is 0 Å². The first-order valence-electron chi connectivity index (χ1n) is 6.82. The summed E-state index contributed by atoms with van der Waals surface area (Å²) in [7, 11) is 1.74. The first-order chi connectivity index (χ1) is 8.29. The third kappa shape index (κ3) is 3.68. The van der Waals surface area contributed by atoms with Gasteiger partial charge in [0.1, 0.15) is 0 Å². The Bertz CT molecular complexity index is 252. The minimum atomic E-state index is 0.202. The minimum Gasteiger partial charge on any atom is -0.379 e. The molecule has 1 aliphatic carbocycles.